The van der Waals surface area contributed by atoms with Gasteiger partial charge in [-0.15, -0.1) is 0 Å². The second-order valence-electron chi connectivity index (χ2n) is 4.90. The first kappa shape index (κ1) is 17.7. The first-order chi connectivity index (χ1) is 10.1. The summed E-state index contributed by atoms with van der Waals surface area (Å²) in [6.45, 7) is 4.47. The standard InChI is InChI=1S/C16H23BrN2O2/c1-3-5-14(17)16(21)18-11-10-15(20)19-13-8-6-12(4-2)7-9-13/h6-9,14H,3-5,10-11H2,1-2H3,(H,18,21)(H,19,20)/t14-/m0/s1. The smallest absolute Gasteiger partial charge is 0.233 e. The molecule has 21 heavy (non-hydrogen) atoms. The molecule has 5 heteroatoms. The maximum atomic E-state index is 11.8. The summed E-state index contributed by atoms with van der Waals surface area (Å²) in [5, 5.41) is 5.57. The molecule has 0 saturated carbocycles. The minimum Gasteiger partial charge on any atom is -0.355 e. The highest BCUT2D eigenvalue weighted by atomic mass is 79.9. The summed E-state index contributed by atoms with van der Waals surface area (Å²) < 4.78 is 0. The minimum absolute atomic E-state index is 0.0584. The van der Waals surface area contributed by atoms with Gasteiger partial charge < -0.3 is 10.6 Å². The van der Waals surface area contributed by atoms with Crippen molar-refractivity contribution in [2.45, 2.75) is 44.4 Å². The normalized spacial score (nSPS) is 11.8. The molecule has 0 unspecified atom stereocenters. The van der Waals surface area contributed by atoms with Crippen LogP contribution in [0.2, 0.25) is 0 Å². The lowest BCUT2D eigenvalue weighted by Crippen LogP contribution is -2.33. The molecule has 0 heterocycles. The number of halogens is 1. The van der Waals surface area contributed by atoms with Gasteiger partial charge in [0.2, 0.25) is 11.8 Å². The van der Waals surface area contributed by atoms with Gasteiger partial charge >= 0.3 is 0 Å². The molecule has 0 fully saturated rings. The molecular formula is C16H23BrN2O2. The number of aryl methyl sites for hydroxylation is 1. The molecule has 2 N–H and O–H groups in total. The van der Waals surface area contributed by atoms with E-state index in [1.807, 2.05) is 31.2 Å². The quantitative estimate of drug-likeness (QED) is 0.704. The number of carbonyl (C=O) groups is 2. The Bertz CT molecular complexity index is 460. The molecule has 0 bridgehead atoms. The van der Waals surface area contributed by atoms with E-state index < -0.39 is 0 Å². The fourth-order valence-corrected chi connectivity index (χ4v) is 2.46. The van der Waals surface area contributed by atoms with Crippen LogP contribution in [0.25, 0.3) is 0 Å². The Balaban J connectivity index is 2.29. The zero-order valence-electron chi connectivity index (χ0n) is 12.6. The van der Waals surface area contributed by atoms with Crippen LogP contribution in [-0.4, -0.2) is 23.2 Å². The molecule has 1 aromatic rings. The number of benzene rings is 1. The predicted octanol–water partition coefficient (Wildman–Crippen LogP) is 3.26. The molecule has 0 aliphatic carbocycles. The second-order valence-corrected chi connectivity index (χ2v) is 6.00. The van der Waals surface area contributed by atoms with Gasteiger partial charge in [0, 0.05) is 18.7 Å². The van der Waals surface area contributed by atoms with Crippen molar-refractivity contribution in [3.8, 4) is 0 Å². The van der Waals surface area contributed by atoms with Crippen LogP contribution in [0.5, 0.6) is 0 Å². The molecule has 1 atom stereocenters. The summed E-state index contributed by atoms with van der Waals surface area (Å²) in [6.07, 6.45) is 2.98. The van der Waals surface area contributed by atoms with Gasteiger partial charge in [0.05, 0.1) is 4.83 Å². The van der Waals surface area contributed by atoms with E-state index in [0.717, 1.165) is 24.9 Å². The molecule has 0 aromatic heterocycles. The molecule has 116 valence electrons. The molecule has 0 aliphatic rings. The predicted molar refractivity (Wildman–Crippen MR) is 89.7 cm³/mol. The minimum atomic E-state index is -0.174. The van der Waals surface area contributed by atoms with Crippen LogP contribution in [0.15, 0.2) is 24.3 Å². The highest BCUT2D eigenvalue weighted by molar-refractivity contribution is 9.10. The van der Waals surface area contributed by atoms with Gasteiger partial charge in [-0.1, -0.05) is 48.3 Å². The number of alkyl halides is 1. The summed E-state index contributed by atoms with van der Waals surface area (Å²) in [5.41, 5.74) is 2.02. The van der Waals surface area contributed by atoms with E-state index in [1.165, 1.54) is 5.56 Å². The summed E-state index contributed by atoms with van der Waals surface area (Å²) in [4.78, 5) is 23.2. The fourth-order valence-electron chi connectivity index (χ4n) is 1.84. The molecule has 0 saturated heterocycles. The SMILES string of the molecule is CCC[C@H](Br)C(=O)NCCC(=O)Nc1ccc(CC)cc1. The number of nitrogens with one attached hydrogen (secondary N) is 2. The van der Waals surface area contributed by atoms with Crippen molar-refractivity contribution < 1.29 is 9.59 Å². The summed E-state index contributed by atoms with van der Waals surface area (Å²) in [7, 11) is 0. The molecule has 0 spiro atoms. The number of carbonyl (C=O) groups excluding carboxylic acids is 2. The first-order valence-electron chi connectivity index (χ1n) is 7.37. The highest BCUT2D eigenvalue weighted by Crippen LogP contribution is 2.10. The van der Waals surface area contributed by atoms with E-state index in [-0.39, 0.29) is 23.1 Å². The van der Waals surface area contributed by atoms with Crippen molar-refractivity contribution in [1.82, 2.24) is 5.32 Å². The van der Waals surface area contributed by atoms with Crippen LogP contribution in [0.3, 0.4) is 0 Å². The van der Waals surface area contributed by atoms with Crippen molar-refractivity contribution in [3.05, 3.63) is 29.8 Å². The molecule has 1 aromatic carbocycles. The van der Waals surface area contributed by atoms with E-state index in [9.17, 15) is 9.59 Å². The van der Waals surface area contributed by atoms with E-state index in [4.69, 9.17) is 0 Å². The maximum absolute atomic E-state index is 11.8. The Morgan fingerprint density at radius 3 is 2.43 bits per heavy atom. The number of rotatable bonds is 8. The van der Waals surface area contributed by atoms with Gasteiger partial charge in [-0.25, -0.2) is 0 Å². The Morgan fingerprint density at radius 2 is 1.86 bits per heavy atom. The molecule has 1 rings (SSSR count). The Hall–Kier alpha value is -1.36. The topological polar surface area (TPSA) is 58.2 Å². The van der Waals surface area contributed by atoms with E-state index in [1.54, 1.807) is 0 Å². The first-order valence-corrected chi connectivity index (χ1v) is 8.29. The van der Waals surface area contributed by atoms with Gasteiger partial charge in [0.1, 0.15) is 0 Å². The van der Waals surface area contributed by atoms with Gasteiger partial charge in [0.25, 0.3) is 0 Å². The third-order valence-corrected chi connectivity index (χ3v) is 4.00. The molecule has 2 amide bonds. The molecule has 4 nitrogen and oxygen atoms in total. The number of hydrogen-bond acceptors (Lipinski definition) is 2. The van der Waals surface area contributed by atoms with Crippen molar-refractivity contribution in [1.29, 1.82) is 0 Å². The average Bonchev–Trinajstić information content (AvgIpc) is 2.48. The lowest BCUT2D eigenvalue weighted by molar-refractivity contribution is -0.120. The summed E-state index contributed by atoms with van der Waals surface area (Å²) in [6, 6.07) is 7.78. The van der Waals surface area contributed by atoms with Gasteiger partial charge in [-0.2, -0.15) is 0 Å². The summed E-state index contributed by atoms with van der Waals surface area (Å²) in [5.74, 6) is -0.155. The Kier molecular flexibility index (Phi) is 8.05. The van der Waals surface area contributed by atoms with Gasteiger partial charge in [-0.3, -0.25) is 9.59 Å². The van der Waals surface area contributed by atoms with E-state index >= 15 is 0 Å². The zero-order valence-corrected chi connectivity index (χ0v) is 14.2. The van der Waals surface area contributed by atoms with E-state index in [0.29, 0.717) is 6.54 Å². The maximum Gasteiger partial charge on any atom is 0.233 e. The highest BCUT2D eigenvalue weighted by Gasteiger charge is 2.13. The van der Waals surface area contributed by atoms with Crippen LogP contribution in [0.4, 0.5) is 5.69 Å². The van der Waals surface area contributed by atoms with Crippen molar-refractivity contribution in [2.24, 2.45) is 0 Å². The average molecular weight is 355 g/mol. The molecular weight excluding hydrogens is 332 g/mol. The lowest BCUT2D eigenvalue weighted by Gasteiger charge is -2.10. The largest absolute Gasteiger partial charge is 0.355 e. The summed E-state index contributed by atoms with van der Waals surface area (Å²) >= 11 is 3.33. The number of amides is 2. The van der Waals surface area contributed by atoms with Gasteiger partial charge in [-0.05, 0) is 30.5 Å². The van der Waals surface area contributed by atoms with Gasteiger partial charge in [0.15, 0.2) is 0 Å². The third kappa shape index (κ3) is 6.76. The second kappa shape index (κ2) is 9.55. The van der Waals surface area contributed by atoms with Crippen LogP contribution in [0, 0.1) is 0 Å². The molecule has 0 aliphatic heterocycles. The van der Waals surface area contributed by atoms with Crippen molar-refractivity contribution in [3.63, 3.8) is 0 Å². The zero-order chi connectivity index (χ0) is 15.7. The molecule has 0 radical (unpaired) electrons. The van der Waals surface area contributed by atoms with Crippen LogP contribution >= 0.6 is 15.9 Å². The van der Waals surface area contributed by atoms with Crippen LogP contribution < -0.4 is 10.6 Å². The Labute approximate surface area is 134 Å². The van der Waals surface area contributed by atoms with Crippen molar-refractivity contribution in [2.75, 3.05) is 11.9 Å². The van der Waals surface area contributed by atoms with E-state index in [2.05, 4.69) is 33.5 Å². The number of hydrogen-bond donors (Lipinski definition) is 2. The Morgan fingerprint density at radius 1 is 1.19 bits per heavy atom. The monoisotopic (exact) mass is 354 g/mol. The van der Waals surface area contributed by atoms with Crippen molar-refractivity contribution >= 4 is 33.4 Å². The lowest BCUT2D eigenvalue weighted by atomic mass is 10.1. The van der Waals surface area contributed by atoms with Crippen LogP contribution in [0.1, 0.15) is 38.7 Å². The third-order valence-electron chi connectivity index (χ3n) is 3.12. The van der Waals surface area contributed by atoms with Crippen LogP contribution in [-0.2, 0) is 16.0 Å². The fraction of sp³-hybridized carbons (Fsp3) is 0.500. The number of anilines is 1.